The first-order chi connectivity index (χ1) is 21.3. The molecule has 0 aliphatic carbocycles. The first-order valence-corrected chi connectivity index (χ1v) is 15.2. The zero-order valence-corrected chi connectivity index (χ0v) is 24.8. The topological polar surface area (TPSA) is 74.3 Å². The zero-order chi connectivity index (χ0) is 30.7. The second-order valence-corrected chi connectivity index (χ2v) is 11.5. The Hall–Kier alpha value is -3.90. The number of likely N-dealkylation sites (N-methyl/N-ethyl adjacent to an activating group) is 1. The van der Waals surface area contributed by atoms with E-state index in [2.05, 4.69) is 16.8 Å². The molecule has 0 unspecified atom stereocenters. The summed E-state index contributed by atoms with van der Waals surface area (Å²) in [5.41, 5.74) is 1.59. The molecule has 0 bridgehead atoms. The monoisotopic (exact) mass is 610 g/mol. The number of anilines is 2. The number of ether oxygens (including phenoxy) is 1. The molecule has 2 aromatic carbocycles. The quantitative estimate of drug-likeness (QED) is 0.375. The predicted molar refractivity (Wildman–Crippen MR) is 160 cm³/mol. The van der Waals surface area contributed by atoms with Crippen LogP contribution in [-0.4, -0.2) is 84.9 Å². The summed E-state index contributed by atoms with van der Waals surface area (Å²) < 4.78 is 48.0. The number of fused-ring (bicyclic) bond motifs is 1. The molecule has 0 saturated carbocycles. The van der Waals surface area contributed by atoms with Gasteiger partial charge in [0.25, 0.3) is 0 Å². The number of carbonyl (C=O) groups is 1. The van der Waals surface area contributed by atoms with Crippen LogP contribution < -0.4 is 14.5 Å². The van der Waals surface area contributed by atoms with E-state index in [1.54, 1.807) is 40.3 Å². The molecule has 3 aromatic rings. The Labute approximate surface area is 255 Å². The van der Waals surface area contributed by atoms with Gasteiger partial charge in [0.2, 0.25) is 0 Å². The molecule has 1 atom stereocenters. The lowest BCUT2D eigenvalue weighted by molar-refractivity contribution is -0.137. The van der Waals surface area contributed by atoms with E-state index in [4.69, 9.17) is 19.5 Å². The lowest BCUT2D eigenvalue weighted by Crippen LogP contribution is -2.47. The molecule has 3 aliphatic heterocycles. The highest BCUT2D eigenvalue weighted by molar-refractivity contribution is 5.89. The maximum Gasteiger partial charge on any atom is 0.418 e. The van der Waals surface area contributed by atoms with Gasteiger partial charge in [0.1, 0.15) is 12.4 Å². The number of piperazine rings is 1. The second-order valence-electron chi connectivity index (χ2n) is 11.5. The van der Waals surface area contributed by atoms with E-state index in [1.165, 1.54) is 12.1 Å². The summed E-state index contributed by atoms with van der Waals surface area (Å²) in [6.07, 6.45) is -1.05. The lowest BCUT2D eigenvalue weighted by atomic mass is 10.1. The standard InChI is InChI=1S/C32H37F3N6O3/c1-38-15-7-11-24(38)22-43-31-36-27-21-40(28-14-6-5-13-26(28)32(33,34)35)16-8-12-25(27)29(37-31)39-17-19-41(20-18-39)44-30(42)23-9-3-2-4-10-23/h2-6,9-10,13-14,24H,7-8,11-12,15-22H2,1H3/t24-/m0/s1. The largest absolute Gasteiger partial charge is 0.462 e. The van der Waals surface area contributed by atoms with Crippen molar-refractivity contribution in [3.8, 4) is 6.01 Å². The molecule has 12 heteroatoms. The average Bonchev–Trinajstić information content (AvgIpc) is 3.32. The van der Waals surface area contributed by atoms with Gasteiger partial charge in [-0.2, -0.15) is 23.1 Å². The molecule has 2 saturated heterocycles. The van der Waals surface area contributed by atoms with Crippen LogP contribution in [0.5, 0.6) is 6.01 Å². The van der Waals surface area contributed by atoms with Crippen LogP contribution in [0.4, 0.5) is 24.7 Å². The fourth-order valence-corrected chi connectivity index (χ4v) is 6.21. The van der Waals surface area contributed by atoms with E-state index in [9.17, 15) is 18.0 Å². The highest BCUT2D eigenvalue weighted by Crippen LogP contribution is 2.38. The molecule has 1 aromatic heterocycles. The zero-order valence-electron chi connectivity index (χ0n) is 24.8. The van der Waals surface area contributed by atoms with E-state index in [0.29, 0.717) is 63.4 Å². The van der Waals surface area contributed by atoms with Crippen molar-refractivity contribution in [1.29, 1.82) is 0 Å². The van der Waals surface area contributed by atoms with Crippen molar-refractivity contribution in [2.24, 2.45) is 0 Å². The maximum absolute atomic E-state index is 13.9. The Morgan fingerprint density at radius 1 is 0.909 bits per heavy atom. The fraction of sp³-hybridized carbons (Fsp3) is 0.469. The van der Waals surface area contributed by atoms with Gasteiger partial charge in [0, 0.05) is 36.9 Å². The fourth-order valence-electron chi connectivity index (χ4n) is 6.21. The van der Waals surface area contributed by atoms with Crippen LogP contribution >= 0.6 is 0 Å². The van der Waals surface area contributed by atoms with Gasteiger partial charge >= 0.3 is 18.2 Å². The first kappa shape index (κ1) is 30.1. The minimum absolute atomic E-state index is 0.150. The van der Waals surface area contributed by atoms with Gasteiger partial charge in [-0.25, -0.2) is 4.79 Å². The van der Waals surface area contributed by atoms with E-state index in [-0.39, 0.29) is 24.3 Å². The van der Waals surface area contributed by atoms with Crippen molar-refractivity contribution in [2.75, 3.05) is 62.7 Å². The lowest BCUT2D eigenvalue weighted by Gasteiger charge is -2.35. The summed E-state index contributed by atoms with van der Waals surface area (Å²) >= 11 is 0. The molecule has 3 aliphatic rings. The Bertz CT molecular complexity index is 1450. The summed E-state index contributed by atoms with van der Waals surface area (Å²) in [6.45, 7) is 4.18. The van der Waals surface area contributed by atoms with Gasteiger partial charge in [-0.1, -0.05) is 30.3 Å². The smallest absolute Gasteiger partial charge is 0.418 e. The van der Waals surface area contributed by atoms with Gasteiger partial charge in [0.05, 0.1) is 36.5 Å². The third kappa shape index (κ3) is 6.76. The molecule has 234 valence electrons. The van der Waals surface area contributed by atoms with Gasteiger partial charge in [0.15, 0.2) is 0 Å². The van der Waals surface area contributed by atoms with Crippen molar-refractivity contribution in [1.82, 2.24) is 19.9 Å². The van der Waals surface area contributed by atoms with E-state index < -0.39 is 17.7 Å². The number of hydrogen-bond donors (Lipinski definition) is 0. The minimum atomic E-state index is -4.46. The van der Waals surface area contributed by atoms with Gasteiger partial charge < -0.3 is 24.3 Å². The van der Waals surface area contributed by atoms with Crippen LogP contribution in [0.15, 0.2) is 54.6 Å². The molecule has 0 N–H and O–H groups in total. The number of para-hydroxylation sites is 1. The van der Waals surface area contributed by atoms with Crippen LogP contribution in [0.25, 0.3) is 0 Å². The summed E-state index contributed by atoms with van der Waals surface area (Å²) in [7, 11) is 2.07. The molecule has 0 spiro atoms. The number of benzene rings is 2. The first-order valence-electron chi connectivity index (χ1n) is 15.2. The summed E-state index contributed by atoms with van der Waals surface area (Å²) in [5, 5.41) is 1.66. The number of rotatable bonds is 7. The maximum atomic E-state index is 13.9. The van der Waals surface area contributed by atoms with Gasteiger partial charge in [-0.3, -0.25) is 0 Å². The average molecular weight is 611 g/mol. The van der Waals surface area contributed by atoms with E-state index >= 15 is 0 Å². The molecule has 44 heavy (non-hydrogen) atoms. The van der Waals surface area contributed by atoms with Crippen molar-refractivity contribution in [3.05, 3.63) is 77.0 Å². The Morgan fingerprint density at radius 3 is 2.39 bits per heavy atom. The normalized spacial score (nSPS) is 19.9. The number of nitrogens with zero attached hydrogens (tertiary/aromatic N) is 6. The molecular weight excluding hydrogens is 573 g/mol. The molecule has 9 nitrogen and oxygen atoms in total. The van der Waals surface area contributed by atoms with E-state index in [1.807, 2.05) is 6.07 Å². The Kier molecular flexibility index (Phi) is 8.90. The minimum Gasteiger partial charge on any atom is -0.462 e. The van der Waals surface area contributed by atoms with Crippen LogP contribution in [0.3, 0.4) is 0 Å². The number of aromatic nitrogens is 2. The number of hydroxylamine groups is 2. The van der Waals surface area contributed by atoms with Crippen LogP contribution in [-0.2, 0) is 24.0 Å². The summed E-state index contributed by atoms with van der Waals surface area (Å²) in [4.78, 5) is 34.0. The van der Waals surface area contributed by atoms with Crippen LogP contribution in [0.2, 0.25) is 0 Å². The van der Waals surface area contributed by atoms with Gasteiger partial charge in [-0.15, -0.1) is 5.06 Å². The molecule has 6 rings (SSSR count). The summed E-state index contributed by atoms with van der Waals surface area (Å²) in [6, 6.07) is 15.1. The highest BCUT2D eigenvalue weighted by Gasteiger charge is 2.36. The third-order valence-corrected chi connectivity index (χ3v) is 8.63. The summed E-state index contributed by atoms with van der Waals surface area (Å²) in [5.74, 6) is 0.339. The second kappa shape index (κ2) is 13.0. The van der Waals surface area contributed by atoms with Crippen molar-refractivity contribution in [3.63, 3.8) is 0 Å². The predicted octanol–water partition coefficient (Wildman–Crippen LogP) is 4.82. The number of likely N-dealkylation sites (tertiary alicyclic amines) is 1. The van der Waals surface area contributed by atoms with Crippen LogP contribution in [0.1, 0.15) is 46.4 Å². The SMILES string of the molecule is CN1CCC[C@H]1COc1nc2c(c(N3CCN(OC(=O)c4ccccc4)CC3)n1)CCCN(c1ccccc1C(F)(F)F)C2. The van der Waals surface area contributed by atoms with Crippen molar-refractivity contribution < 1.29 is 27.5 Å². The Balaban J connectivity index is 1.24. The highest BCUT2D eigenvalue weighted by atomic mass is 19.4. The number of alkyl halides is 3. The van der Waals surface area contributed by atoms with Crippen molar-refractivity contribution in [2.45, 2.75) is 44.4 Å². The molecular formula is C32H37F3N6O3. The number of hydrogen-bond acceptors (Lipinski definition) is 9. The van der Waals surface area contributed by atoms with Crippen LogP contribution in [0, 0.1) is 0 Å². The van der Waals surface area contributed by atoms with Gasteiger partial charge in [-0.05, 0) is 63.5 Å². The molecule has 0 radical (unpaired) electrons. The number of carbonyl (C=O) groups excluding carboxylic acids is 1. The third-order valence-electron chi connectivity index (χ3n) is 8.63. The molecule has 4 heterocycles. The number of halogens is 3. The van der Waals surface area contributed by atoms with Crippen molar-refractivity contribution >= 4 is 17.5 Å². The van der Waals surface area contributed by atoms with E-state index in [0.717, 1.165) is 36.8 Å². The Morgan fingerprint density at radius 2 is 1.66 bits per heavy atom. The molecule has 2 fully saturated rings. The molecule has 0 amide bonds.